The Kier molecular flexibility index (Phi) is 5.97. The van der Waals surface area contributed by atoms with Gasteiger partial charge in [-0.25, -0.2) is 9.97 Å². The maximum atomic E-state index is 5.46. The van der Waals surface area contributed by atoms with Gasteiger partial charge >= 0.3 is 0 Å². The Morgan fingerprint density at radius 2 is 2.09 bits per heavy atom. The summed E-state index contributed by atoms with van der Waals surface area (Å²) in [5, 5.41) is 3.58. The van der Waals surface area contributed by atoms with E-state index in [1.165, 1.54) is 0 Å². The largest absolute Gasteiger partial charge is 0.383 e. The van der Waals surface area contributed by atoms with E-state index < -0.39 is 0 Å². The van der Waals surface area contributed by atoms with Gasteiger partial charge in [0.05, 0.1) is 6.61 Å². The van der Waals surface area contributed by atoms with Crippen LogP contribution < -0.4 is 10.2 Å². The Morgan fingerprint density at radius 1 is 1.36 bits per heavy atom. The first-order valence-electron chi connectivity index (χ1n) is 8.02. The Hall–Kier alpha value is -1.40. The zero-order valence-corrected chi connectivity index (χ0v) is 14.2. The Balaban J connectivity index is 2.14. The predicted molar refractivity (Wildman–Crippen MR) is 88.6 cm³/mol. The minimum absolute atomic E-state index is 0.0416. The molecular formula is C16H28N4O2. The first-order chi connectivity index (χ1) is 10.6. The molecule has 0 aliphatic carbocycles. The molecule has 0 radical (unpaired) electrons. The summed E-state index contributed by atoms with van der Waals surface area (Å²) >= 11 is 0. The van der Waals surface area contributed by atoms with Gasteiger partial charge in [-0.15, -0.1) is 0 Å². The van der Waals surface area contributed by atoms with Crippen molar-refractivity contribution < 1.29 is 9.47 Å². The molecule has 0 bridgehead atoms. The normalized spacial score (nSPS) is 17.3. The lowest BCUT2D eigenvalue weighted by Gasteiger charge is -2.35. The van der Waals surface area contributed by atoms with Crippen LogP contribution in [0.25, 0.3) is 0 Å². The molecular weight excluding hydrogens is 280 g/mol. The van der Waals surface area contributed by atoms with E-state index >= 15 is 0 Å². The van der Waals surface area contributed by atoms with Crippen molar-refractivity contribution in [2.75, 3.05) is 50.2 Å². The second-order valence-corrected chi connectivity index (χ2v) is 6.03. The van der Waals surface area contributed by atoms with Crippen LogP contribution in [0.5, 0.6) is 0 Å². The molecule has 2 rings (SSSR count). The smallest absolute Gasteiger partial charge is 0.134 e. The second-order valence-electron chi connectivity index (χ2n) is 6.03. The van der Waals surface area contributed by atoms with E-state index in [1.807, 2.05) is 13.0 Å². The van der Waals surface area contributed by atoms with E-state index in [4.69, 9.17) is 9.47 Å². The number of methoxy groups -OCH3 is 1. The highest BCUT2D eigenvalue weighted by Gasteiger charge is 2.27. The van der Waals surface area contributed by atoms with E-state index in [1.54, 1.807) is 7.11 Å². The number of hydrogen-bond donors (Lipinski definition) is 1. The van der Waals surface area contributed by atoms with Crippen LogP contribution in [0.4, 0.5) is 11.6 Å². The SMILES string of the molecule is CCN(CCOC)c1cc(NC2(C)CCOCC2)nc(C)n1. The lowest BCUT2D eigenvalue weighted by molar-refractivity contribution is 0.0657. The number of aromatic nitrogens is 2. The minimum Gasteiger partial charge on any atom is -0.383 e. The van der Waals surface area contributed by atoms with E-state index in [2.05, 4.69) is 34.0 Å². The number of nitrogens with one attached hydrogen (secondary N) is 1. The quantitative estimate of drug-likeness (QED) is 0.833. The molecule has 0 amide bonds. The number of anilines is 2. The molecule has 1 fully saturated rings. The van der Waals surface area contributed by atoms with Gasteiger partial charge in [-0.05, 0) is 33.6 Å². The number of hydrogen-bond acceptors (Lipinski definition) is 6. The molecule has 1 aliphatic heterocycles. The molecule has 1 N–H and O–H groups in total. The van der Waals surface area contributed by atoms with Crippen LogP contribution in [-0.2, 0) is 9.47 Å². The first kappa shape index (κ1) is 17.0. The molecule has 0 saturated carbocycles. The fourth-order valence-electron chi connectivity index (χ4n) is 2.67. The average molecular weight is 308 g/mol. The second kappa shape index (κ2) is 7.74. The van der Waals surface area contributed by atoms with Crippen molar-refractivity contribution in [2.24, 2.45) is 0 Å². The van der Waals surface area contributed by atoms with Crippen LogP contribution in [0.2, 0.25) is 0 Å². The Bertz CT molecular complexity index is 475. The maximum absolute atomic E-state index is 5.46. The summed E-state index contributed by atoms with van der Waals surface area (Å²) in [6.45, 7) is 10.3. The molecule has 1 aliphatic rings. The standard InChI is InChI=1S/C16H28N4O2/c1-5-20(8-11-21-4)15-12-14(17-13(2)18-15)19-16(3)6-9-22-10-7-16/h12H,5-11H2,1-4H3,(H,17,18,19). The van der Waals surface area contributed by atoms with Crippen LogP contribution in [0.15, 0.2) is 6.07 Å². The monoisotopic (exact) mass is 308 g/mol. The van der Waals surface area contributed by atoms with Gasteiger partial charge in [0, 0.05) is 45.0 Å². The summed E-state index contributed by atoms with van der Waals surface area (Å²) < 4.78 is 10.6. The summed E-state index contributed by atoms with van der Waals surface area (Å²) in [6.07, 6.45) is 1.99. The van der Waals surface area contributed by atoms with Crippen molar-refractivity contribution in [3.8, 4) is 0 Å². The fraction of sp³-hybridized carbons (Fsp3) is 0.750. The highest BCUT2D eigenvalue weighted by atomic mass is 16.5. The molecule has 1 aromatic heterocycles. The minimum atomic E-state index is 0.0416. The molecule has 2 heterocycles. The molecule has 1 aromatic rings. The molecule has 6 nitrogen and oxygen atoms in total. The lowest BCUT2D eigenvalue weighted by atomic mass is 9.92. The van der Waals surface area contributed by atoms with Gasteiger partial charge in [-0.2, -0.15) is 0 Å². The molecule has 22 heavy (non-hydrogen) atoms. The molecule has 0 unspecified atom stereocenters. The number of nitrogens with zero attached hydrogens (tertiary/aromatic N) is 3. The number of likely N-dealkylation sites (N-methyl/N-ethyl adjacent to an activating group) is 1. The number of rotatable bonds is 7. The molecule has 6 heteroatoms. The van der Waals surface area contributed by atoms with Crippen molar-refractivity contribution >= 4 is 11.6 Å². The van der Waals surface area contributed by atoms with Gasteiger partial charge in [0.15, 0.2) is 0 Å². The van der Waals surface area contributed by atoms with Crippen molar-refractivity contribution in [1.82, 2.24) is 9.97 Å². The predicted octanol–water partition coefficient (Wildman–Crippen LogP) is 2.24. The van der Waals surface area contributed by atoms with Crippen LogP contribution in [0.1, 0.15) is 32.5 Å². The van der Waals surface area contributed by atoms with Gasteiger partial charge in [0.2, 0.25) is 0 Å². The lowest BCUT2D eigenvalue weighted by Crippen LogP contribution is -2.41. The Labute approximate surface area is 133 Å². The number of aryl methyl sites for hydroxylation is 1. The van der Waals surface area contributed by atoms with E-state index in [0.717, 1.165) is 56.6 Å². The van der Waals surface area contributed by atoms with Gasteiger partial charge in [0.25, 0.3) is 0 Å². The van der Waals surface area contributed by atoms with Crippen LogP contribution in [-0.4, -0.2) is 55.5 Å². The fourth-order valence-corrected chi connectivity index (χ4v) is 2.67. The van der Waals surface area contributed by atoms with Crippen LogP contribution in [0, 0.1) is 6.92 Å². The van der Waals surface area contributed by atoms with Gasteiger partial charge in [-0.3, -0.25) is 0 Å². The van der Waals surface area contributed by atoms with Crippen molar-refractivity contribution in [3.05, 3.63) is 11.9 Å². The third-order valence-corrected chi connectivity index (χ3v) is 4.12. The maximum Gasteiger partial charge on any atom is 0.134 e. The number of ether oxygens (including phenoxy) is 2. The molecule has 1 saturated heterocycles. The topological polar surface area (TPSA) is 59.5 Å². The highest BCUT2D eigenvalue weighted by Crippen LogP contribution is 2.26. The van der Waals surface area contributed by atoms with Crippen molar-refractivity contribution in [2.45, 2.75) is 39.2 Å². The van der Waals surface area contributed by atoms with Gasteiger partial charge < -0.3 is 19.7 Å². The zero-order valence-electron chi connectivity index (χ0n) is 14.2. The summed E-state index contributed by atoms with van der Waals surface area (Å²) in [5.74, 6) is 2.62. The first-order valence-corrected chi connectivity index (χ1v) is 8.02. The van der Waals surface area contributed by atoms with E-state index in [9.17, 15) is 0 Å². The molecule has 0 aromatic carbocycles. The van der Waals surface area contributed by atoms with Crippen molar-refractivity contribution in [1.29, 1.82) is 0 Å². The van der Waals surface area contributed by atoms with Crippen LogP contribution >= 0.6 is 0 Å². The average Bonchev–Trinajstić information content (AvgIpc) is 2.47. The van der Waals surface area contributed by atoms with Gasteiger partial charge in [-0.1, -0.05) is 0 Å². The summed E-state index contributed by atoms with van der Waals surface area (Å²) in [6, 6.07) is 2.03. The molecule has 0 atom stereocenters. The third kappa shape index (κ3) is 4.55. The van der Waals surface area contributed by atoms with E-state index in [0.29, 0.717) is 6.61 Å². The summed E-state index contributed by atoms with van der Waals surface area (Å²) in [5.41, 5.74) is 0.0416. The van der Waals surface area contributed by atoms with Gasteiger partial charge in [0.1, 0.15) is 17.5 Å². The van der Waals surface area contributed by atoms with Crippen molar-refractivity contribution in [3.63, 3.8) is 0 Å². The molecule has 124 valence electrons. The zero-order chi connectivity index (χ0) is 16.0. The van der Waals surface area contributed by atoms with E-state index in [-0.39, 0.29) is 5.54 Å². The summed E-state index contributed by atoms with van der Waals surface area (Å²) in [4.78, 5) is 11.3. The third-order valence-electron chi connectivity index (χ3n) is 4.12. The highest BCUT2D eigenvalue weighted by molar-refractivity contribution is 5.50. The molecule has 0 spiro atoms. The summed E-state index contributed by atoms with van der Waals surface area (Å²) in [7, 11) is 1.72. The van der Waals surface area contributed by atoms with Crippen LogP contribution in [0.3, 0.4) is 0 Å². The Morgan fingerprint density at radius 3 is 2.73 bits per heavy atom.